The zero-order valence-electron chi connectivity index (χ0n) is 9.70. The second-order valence-electron chi connectivity index (χ2n) is 4.16. The molecule has 0 heterocycles. The van der Waals surface area contributed by atoms with Crippen molar-refractivity contribution < 1.29 is 17.8 Å². The summed E-state index contributed by atoms with van der Waals surface area (Å²) < 4.78 is 38.0. The molecule has 0 amide bonds. The van der Waals surface area contributed by atoms with E-state index in [1.54, 1.807) is 0 Å². The second-order valence-corrected chi connectivity index (χ2v) is 5.67. The van der Waals surface area contributed by atoms with Gasteiger partial charge in [0.15, 0.2) is 5.78 Å². The zero-order chi connectivity index (χ0) is 13.0. The van der Waals surface area contributed by atoms with Crippen LogP contribution in [-0.4, -0.2) is 21.5 Å². The van der Waals surface area contributed by atoms with E-state index in [9.17, 15) is 17.8 Å². The molecule has 0 aliphatic rings. The Morgan fingerprint density at radius 2 is 1.82 bits per heavy atom. The molecular formula is C12H14F2O2S. The molecule has 2 nitrogen and oxygen atoms in total. The van der Waals surface area contributed by atoms with E-state index in [1.807, 2.05) is 13.8 Å². The van der Waals surface area contributed by atoms with Gasteiger partial charge in [0.1, 0.15) is 11.6 Å². The van der Waals surface area contributed by atoms with Crippen molar-refractivity contribution in [3.8, 4) is 0 Å². The maximum absolute atomic E-state index is 13.3. The average molecular weight is 260 g/mol. The summed E-state index contributed by atoms with van der Waals surface area (Å²) in [7, 11) is -1.38. The van der Waals surface area contributed by atoms with Crippen LogP contribution in [0.1, 0.15) is 24.2 Å². The molecule has 0 saturated heterocycles. The van der Waals surface area contributed by atoms with Gasteiger partial charge in [0.05, 0.1) is 11.3 Å². The Labute approximate surface area is 101 Å². The van der Waals surface area contributed by atoms with Gasteiger partial charge in [-0.2, -0.15) is 0 Å². The fraction of sp³-hybridized carbons (Fsp3) is 0.417. The third-order valence-corrected chi connectivity index (χ3v) is 3.68. The Hall–Kier alpha value is -1.10. The molecule has 94 valence electrons. The molecule has 1 atom stereocenters. The van der Waals surface area contributed by atoms with Gasteiger partial charge in [-0.3, -0.25) is 9.00 Å². The molecule has 5 heteroatoms. The van der Waals surface area contributed by atoms with E-state index in [0.29, 0.717) is 5.75 Å². The van der Waals surface area contributed by atoms with Gasteiger partial charge in [-0.05, 0) is 18.1 Å². The van der Waals surface area contributed by atoms with Crippen LogP contribution in [0, 0.1) is 17.6 Å². The molecule has 1 rings (SSSR count). The lowest BCUT2D eigenvalue weighted by molar-refractivity contribution is 0.101. The van der Waals surface area contributed by atoms with E-state index < -0.39 is 33.8 Å². The topological polar surface area (TPSA) is 34.1 Å². The lowest BCUT2D eigenvalue weighted by Gasteiger charge is -2.06. The van der Waals surface area contributed by atoms with E-state index in [1.165, 1.54) is 6.07 Å². The first-order chi connectivity index (χ1) is 7.91. The molecule has 0 N–H and O–H groups in total. The Morgan fingerprint density at radius 1 is 1.29 bits per heavy atom. The van der Waals surface area contributed by atoms with Gasteiger partial charge in [0.2, 0.25) is 0 Å². The van der Waals surface area contributed by atoms with Gasteiger partial charge in [0.25, 0.3) is 0 Å². The molecule has 1 aromatic carbocycles. The van der Waals surface area contributed by atoms with Crippen LogP contribution in [0.5, 0.6) is 0 Å². The van der Waals surface area contributed by atoms with Crippen LogP contribution in [0.2, 0.25) is 0 Å². The minimum atomic E-state index is -1.38. The Morgan fingerprint density at radius 3 is 2.29 bits per heavy atom. The number of ketones is 1. The fourth-order valence-corrected chi connectivity index (χ4v) is 2.71. The molecule has 0 radical (unpaired) electrons. The van der Waals surface area contributed by atoms with Crippen LogP contribution < -0.4 is 0 Å². The van der Waals surface area contributed by atoms with Crippen molar-refractivity contribution in [3.63, 3.8) is 0 Å². The highest BCUT2D eigenvalue weighted by molar-refractivity contribution is 7.85. The van der Waals surface area contributed by atoms with Crippen LogP contribution in [0.4, 0.5) is 8.78 Å². The van der Waals surface area contributed by atoms with Crippen LogP contribution in [0.3, 0.4) is 0 Å². The van der Waals surface area contributed by atoms with Crippen molar-refractivity contribution in [2.24, 2.45) is 5.92 Å². The lowest BCUT2D eigenvalue weighted by atomic mass is 10.1. The molecule has 1 aromatic rings. The highest BCUT2D eigenvalue weighted by Gasteiger charge is 2.19. The fourth-order valence-electron chi connectivity index (χ4n) is 1.41. The highest BCUT2D eigenvalue weighted by Crippen LogP contribution is 2.13. The molecular weight excluding hydrogens is 246 g/mol. The van der Waals surface area contributed by atoms with Crippen molar-refractivity contribution in [1.82, 2.24) is 0 Å². The Bertz CT molecular complexity index is 424. The van der Waals surface area contributed by atoms with Gasteiger partial charge in [-0.1, -0.05) is 19.9 Å². The quantitative estimate of drug-likeness (QED) is 0.762. The van der Waals surface area contributed by atoms with Crippen molar-refractivity contribution in [2.75, 3.05) is 11.5 Å². The van der Waals surface area contributed by atoms with Crippen molar-refractivity contribution in [1.29, 1.82) is 0 Å². The van der Waals surface area contributed by atoms with Gasteiger partial charge >= 0.3 is 0 Å². The van der Waals surface area contributed by atoms with Gasteiger partial charge in [-0.15, -0.1) is 0 Å². The van der Waals surface area contributed by atoms with Crippen molar-refractivity contribution in [3.05, 3.63) is 35.4 Å². The maximum Gasteiger partial charge on any atom is 0.181 e. The summed E-state index contributed by atoms with van der Waals surface area (Å²) in [6.07, 6.45) is 0. The minimum Gasteiger partial charge on any atom is -0.293 e. The molecule has 1 unspecified atom stereocenters. The van der Waals surface area contributed by atoms with Crippen molar-refractivity contribution in [2.45, 2.75) is 13.8 Å². The smallest absolute Gasteiger partial charge is 0.181 e. The van der Waals surface area contributed by atoms with E-state index in [4.69, 9.17) is 0 Å². The molecule has 0 aliphatic carbocycles. The normalized spacial score (nSPS) is 12.8. The number of benzene rings is 1. The van der Waals surface area contributed by atoms with Crippen LogP contribution >= 0.6 is 0 Å². The number of hydrogen-bond acceptors (Lipinski definition) is 2. The molecule has 0 aliphatic heterocycles. The number of Topliss-reactive ketones (excluding diaryl/α,β-unsaturated/α-hetero) is 1. The monoisotopic (exact) mass is 260 g/mol. The summed E-state index contributed by atoms with van der Waals surface area (Å²) in [4.78, 5) is 11.6. The van der Waals surface area contributed by atoms with Crippen LogP contribution in [0.15, 0.2) is 18.2 Å². The first kappa shape index (κ1) is 14.0. The first-order valence-corrected chi connectivity index (χ1v) is 6.72. The predicted molar refractivity (Wildman–Crippen MR) is 63.4 cm³/mol. The van der Waals surface area contributed by atoms with Crippen LogP contribution in [0.25, 0.3) is 0 Å². The standard InChI is InChI=1S/C12H14F2O2S/c1-8(2)6-17(16)7-11(15)12-9(13)4-3-5-10(12)14/h3-5,8H,6-7H2,1-2H3. The summed E-state index contributed by atoms with van der Waals surface area (Å²) in [6, 6.07) is 3.22. The molecule has 0 aromatic heterocycles. The van der Waals surface area contributed by atoms with Crippen molar-refractivity contribution >= 4 is 16.6 Å². The van der Waals surface area contributed by atoms with Gasteiger partial charge in [-0.25, -0.2) is 8.78 Å². The number of halogens is 2. The number of carbonyl (C=O) groups is 1. The molecule has 0 spiro atoms. The van der Waals surface area contributed by atoms with Gasteiger partial charge < -0.3 is 0 Å². The maximum atomic E-state index is 13.3. The third-order valence-electron chi connectivity index (χ3n) is 2.05. The Balaban J connectivity index is 2.80. The summed E-state index contributed by atoms with van der Waals surface area (Å²) in [6.45, 7) is 3.73. The second kappa shape index (κ2) is 6.00. The van der Waals surface area contributed by atoms with Crippen LogP contribution in [-0.2, 0) is 10.8 Å². The van der Waals surface area contributed by atoms with E-state index in [-0.39, 0.29) is 11.7 Å². The number of carbonyl (C=O) groups excluding carboxylic acids is 1. The number of hydrogen-bond donors (Lipinski definition) is 0. The Kier molecular flexibility index (Phi) is 4.93. The van der Waals surface area contributed by atoms with Gasteiger partial charge in [0, 0.05) is 16.6 Å². The average Bonchev–Trinajstić information content (AvgIpc) is 2.15. The summed E-state index contributed by atoms with van der Waals surface area (Å²) in [5.74, 6) is -2.38. The molecule has 0 saturated carbocycles. The van der Waals surface area contributed by atoms with E-state index in [2.05, 4.69) is 0 Å². The first-order valence-electron chi connectivity index (χ1n) is 5.24. The predicted octanol–water partition coefficient (Wildman–Crippen LogP) is 2.55. The van der Waals surface area contributed by atoms with E-state index >= 15 is 0 Å². The lowest BCUT2D eigenvalue weighted by Crippen LogP contribution is -2.18. The summed E-state index contributed by atoms with van der Waals surface area (Å²) in [5, 5.41) is 0. The SMILES string of the molecule is CC(C)CS(=O)CC(=O)c1c(F)cccc1F. The summed E-state index contributed by atoms with van der Waals surface area (Å²) in [5.41, 5.74) is -0.593. The largest absolute Gasteiger partial charge is 0.293 e. The van der Waals surface area contributed by atoms with E-state index in [0.717, 1.165) is 12.1 Å². The minimum absolute atomic E-state index is 0.175. The third kappa shape index (κ3) is 4.00. The summed E-state index contributed by atoms with van der Waals surface area (Å²) >= 11 is 0. The molecule has 0 bridgehead atoms. The molecule has 0 fully saturated rings. The zero-order valence-corrected chi connectivity index (χ0v) is 10.5. The highest BCUT2D eigenvalue weighted by atomic mass is 32.2. The number of rotatable bonds is 5. The molecule has 17 heavy (non-hydrogen) atoms.